The van der Waals surface area contributed by atoms with Crippen molar-refractivity contribution in [2.45, 2.75) is 50.6 Å². The van der Waals surface area contributed by atoms with E-state index in [2.05, 4.69) is 15.5 Å². The molecule has 0 aromatic heterocycles. The van der Waals surface area contributed by atoms with E-state index >= 15 is 0 Å². The maximum atomic E-state index is 12.2. The van der Waals surface area contributed by atoms with Gasteiger partial charge in [0.15, 0.2) is 0 Å². The zero-order valence-corrected chi connectivity index (χ0v) is 16.3. The fourth-order valence-electron chi connectivity index (χ4n) is 3.72. The van der Waals surface area contributed by atoms with Gasteiger partial charge in [0.1, 0.15) is 0 Å². The van der Waals surface area contributed by atoms with Crippen LogP contribution in [0.4, 0.5) is 0 Å². The first kappa shape index (κ1) is 20.3. The van der Waals surface area contributed by atoms with Crippen LogP contribution in [-0.2, 0) is 16.0 Å². The van der Waals surface area contributed by atoms with Gasteiger partial charge in [-0.3, -0.25) is 19.3 Å². The van der Waals surface area contributed by atoms with Gasteiger partial charge in [-0.25, -0.2) is 0 Å². The largest absolute Gasteiger partial charge is 0.480 e. The predicted octanol–water partition coefficient (Wildman–Crippen LogP) is 1.42. The first-order valence-corrected chi connectivity index (χ1v) is 10.0. The number of carboxylic acids is 1. The van der Waals surface area contributed by atoms with Gasteiger partial charge in [0.05, 0.1) is 6.54 Å². The quantitative estimate of drug-likeness (QED) is 0.564. The van der Waals surface area contributed by atoms with Crippen LogP contribution in [0, 0.1) is 5.92 Å². The van der Waals surface area contributed by atoms with Gasteiger partial charge in [-0.15, -0.1) is 0 Å². The van der Waals surface area contributed by atoms with Crippen molar-refractivity contribution in [2.24, 2.45) is 5.92 Å². The van der Waals surface area contributed by atoms with Crippen LogP contribution in [0.5, 0.6) is 0 Å². The Hall–Kier alpha value is -2.41. The van der Waals surface area contributed by atoms with Gasteiger partial charge in [0, 0.05) is 37.7 Å². The van der Waals surface area contributed by atoms with Crippen molar-refractivity contribution in [1.29, 1.82) is 0 Å². The van der Waals surface area contributed by atoms with Crippen molar-refractivity contribution in [3.63, 3.8) is 0 Å². The van der Waals surface area contributed by atoms with Crippen LogP contribution in [0.2, 0.25) is 0 Å². The molecule has 3 N–H and O–H groups in total. The average molecular weight is 387 g/mol. The number of carbonyl (C=O) groups excluding carboxylic acids is 2. The first-order chi connectivity index (χ1) is 13.4. The maximum absolute atomic E-state index is 12.2. The van der Waals surface area contributed by atoms with Gasteiger partial charge < -0.3 is 15.7 Å². The van der Waals surface area contributed by atoms with E-state index in [1.165, 1.54) is 12.8 Å². The molecule has 152 valence electrons. The van der Waals surface area contributed by atoms with Crippen molar-refractivity contribution in [3.05, 3.63) is 35.4 Å². The highest BCUT2D eigenvalue weighted by atomic mass is 16.4. The maximum Gasteiger partial charge on any atom is 0.317 e. The Morgan fingerprint density at radius 2 is 1.96 bits per heavy atom. The molecule has 0 unspecified atom stereocenters. The number of rotatable bonds is 10. The molecular weight excluding hydrogens is 358 g/mol. The van der Waals surface area contributed by atoms with E-state index in [-0.39, 0.29) is 30.4 Å². The van der Waals surface area contributed by atoms with E-state index in [1.807, 2.05) is 18.2 Å². The van der Waals surface area contributed by atoms with E-state index in [1.54, 1.807) is 13.1 Å². The van der Waals surface area contributed by atoms with Crippen LogP contribution < -0.4 is 10.6 Å². The van der Waals surface area contributed by atoms with Crippen molar-refractivity contribution >= 4 is 17.8 Å². The lowest BCUT2D eigenvalue weighted by Crippen LogP contribution is -2.55. The molecular formula is C21H29N3O4. The van der Waals surface area contributed by atoms with Crippen molar-refractivity contribution in [2.75, 3.05) is 20.1 Å². The second-order valence-corrected chi connectivity index (χ2v) is 7.94. The molecule has 2 fully saturated rings. The van der Waals surface area contributed by atoms with Crippen LogP contribution in [0.25, 0.3) is 0 Å². The van der Waals surface area contributed by atoms with E-state index in [0.29, 0.717) is 24.3 Å². The molecule has 0 aliphatic heterocycles. The minimum absolute atomic E-state index is 0.000716. The molecule has 1 aromatic carbocycles. The molecule has 0 atom stereocenters. The molecule has 28 heavy (non-hydrogen) atoms. The van der Waals surface area contributed by atoms with Crippen LogP contribution in [0.1, 0.15) is 48.0 Å². The standard InChI is InChI=1S/C21H29N3O4/c1-22-21(28)16-4-2-3-14(9-16)7-8-19(25)23-17-10-18(11-17)24(13-20(26)27)12-15-5-6-15/h2-4,9,15,17-18H,5-8,10-13H2,1H3,(H,22,28)(H,23,25)(H,26,27). The molecule has 2 aliphatic rings. The van der Waals surface area contributed by atoms with Gasteiger partial charge in [-0.1, -0.05) is 12.1 Å². The predicted molar refractivity (Wildman–Crippen MR) is 105 cm³/mol. The number of nitrogens with one attached hydrogen (secondary N) is 2. The molecule has 7 heteroatoms. The summed E-state index contributed by atoms with van der Waals surface area (Å²) in [6.07, 6.45) is 4.99. The lowest BCUT2D eigenvalue weighted by Gasteiger charge is -2.42. The van der Waals surface area contributed by atoms with Crippen molar-refractivity contribution in [1.82, 2.24) is 15.5 Å². The van der Waals surface area contributed by atoms with Gasteiger partial charge in [0.2, 0.25) is 5.91 Å². The van der Waals surface area contributed by atoms with Crippen LogP contribution in [-0.4, -0.2) is 60.0 Å². The van der Waals surface area contributed by atoms with E-state index < -0.39 is 5.97 Å². The minimum Gasteiger partial charge on any atom is -0.480 e. The summed E-state index contributed by atoms with van der Waals surface area (Å²) in [7, 11) is 1.59. The molecule has 2 saturated carbocycles. The van der Waals surface area contributed by atoms with Crippen molar-refractivity contribution in [3.8, 4) is 0 Å². The summed E-state index contributed by atoms with van der Waals surface area (Å²) in [5, 5.41) is 14.8. The summed E-state index contributed by atoms with van der Waals surface area (Å²) in [6.45, 7) is 0.947. The lowest BCUT2D eigenvalue weighted by molar-refractivity contribution is -0.140. The fourth-order valence-corrected chi connectivity index (χ4v) is 3.72. The van der Waals surface area contributed by atoms with Crippen LogP contribution >= 0.6 is 0 Å². The van der Waals surface area contributed by atoms with Gasteiger partial charge in [-0.2, -0.15) is 0 Å². The van der Waals surface area contributed by atoms with Gasteiger partial charge in [-0.05, 0) is 55.7 Å². The molecule has 3 rings (SSSR count). The first-order valence-electron chi connectivity index (χ1n) is 10.0. The molecule has 0 bridgehead atoms. The third-order valence-electron chi connectivity index (χ3n) is 5.58. The summed E-state index contributed by atoms with van der Waals surface area (Å²) < 4.78 is 0. The Bertz CT molecular complexity index is 726. The number of aliphatic carboxylic acids is 1. The number of hydrogen-bond acceptors (Lipinski definition) is 4. The number of aryl methyl sites for hydroxylation is 1. The highest BCUT2D eigenvalue weighted by Crippen LogP contribution is 2.33. The number of hydrogen-bond donors (Lipinski definition) is 3. The smallest absolute Gasteiger partial charge is 0.317 e. The summed E-state index contributed by atoms with van der Waals surface area (Å²) >= 11 is 0. The topological polar surface area (TPSA) is 98.7 Å². The monoisotopic (exact) mass is 387 g/mol. The third kappa shape index (κ3) is 5.79. The van der Waals surface area contributed by atoms with Gasteiger partial charge in [0.25, 0.3) is 5.91 Å². The van der Waals surface area contributed by atoms with E-state index in [9.17, 15) is 14.4 Å². The zero-order valence-electron chi connectivity index (χ0n) is 16.3. The molecule has 0 radical (unpaired) electrons. The summed E-state index contributed by atoms with van der Waals surface area (Å²) in [5.41, 5.74) is 1.55. The fraction of sp³-hybridized carbons (Fsp3) is 0.571. The number of benzene rings is 1. The van der Waals surface area contributed by atoms with Gasteiger partial charge >= 0.3 is 5.97 Å². The van der Waals surface area contributed by atoms with E-state index in [0.717, 1.165) is 24.9 Å². The second-order valence-electron chi connectivity index (χ2n) is 7.94. The normalized spacial score (nSPS) is 21.1. The van der Waals surface area contributed by atoms with Crippen LogP contribution in [0.3, 0.4) is 0 Å². The Kier molecular flexibility index (Phi) is 6.67. The molecule has 0 spiro atoms. The SMILES string of the molecule is CNC(=O)c1cccc(CCC(=O)NC2CC(N(CC(=O)O)CC3CC3)C2)c1. The average Bonchev–Trinajstić information content (AvgIpc) is 3.45. The number of nitrogens with zero attached hydrogens (tertiary/aromatic N) is 1. The summed E-state index contributed by atoms with van der Waals surface area (Å²) in [4.78, 5) is 37.1. The minimum atomic E-state index is -0.785. The summed E-state index contributed by atoms with van der Waals surface area (Å²) in [5.74, 6) is -0.268. The number of amides is 2. The molecule has 0 saturated heterocycles. The number of carbonyl (C=O) groups is 3. The lowest BCUT2D eigenvalue weighted by atomic mass is 9.85. The Balaban J connectivity index is 1.40. The Morgan fingerprint density at radius 1 is 1.21 bits per heavy atom. The molecule has 2 amide bonds. The zero-order chi connectivity index (χ0) is 20.1. The Morgan fingerprint density at radius 3 is 2.61 bits per heavy atom. The molecule has 7 nitrogen and oxygen atoms in total. The van der Waals surface area contributed by atoms with E-state index in [4.69, 9.17) is 5.11 Å². The Labute approximate surface area is 165 Å². The molecule has 1 aromatic rings. The van der Waals surface area contributed by atoms with Crippen molar-refractivity contribution < 1.29 is 19.5 Å². The highest BCUT2D eigenvalue weighted by Gasteiger charge is 2.37. The molecule has 2 aliphatic carbocycles. The summed E-state index contributed by atoms with van der Waals surface area (Å²) in [6, 6.07) is 7.69. The third-order valence-corrected chi connectivity index (χ3v) is 5.58. The molecule has 0 heterocycles. The van der Waals surface area contributed by atoms with Crippen LogP contribution in [0.15, 0.2) is 24.3 Å². The number of carboxylic acid groups (broad SMARTS) is 1. The highest BCUT2D eigenvalue weighted by molar-refractivity contribution is 5.94. The second kappa shape index (κ2) is 9.19.